The molecule has 2 heterocycles. The average Bonchev–Trinajstić information content (AvgIpc) is 3.02. The Morgan fingerprint density at radius 1 is 1.08 bits per heavy atom. The number of carbonyl (C=O) groups is 1. The van der Waals surface area contributed by atoms with Crippen LogP contribution in [0.25, 0.3) is 6.08 Å². The third kappa shape index (κ3) is 3.23. The number of hydrogen-bond acceptors (Lipinski definition) is 4. The highest BCUT2D eigenvalue weighted by Gasteiger charge is 2.21. The van der Waals surface area contributed by atoms with Gasteiger partial charge >= 0.3 is 0 Å². The number of hydrogen-bond donors (Lipinski definition) is 0. The number of likely N-dealkylation sites (N-methyl/N-ethyl adjacent to an activating group) is 1. The van der Waals surface area contributed by atoms with Gasteiger partial charge in [0, 0.05) is 31.4 Å². The second kappa shape index (κ2) is 6.61. The minimum atomic E-state index is -0.0135. The summed E-state index contributed by atoms with van der Waals surface area (Å²) in [7, 11) is 2.08. The molecule has 0 aliphatic carbocycles. The van der Waals surface area contributed by atoms with E-state index in [-0.39, 0.29) is 12.7 Å². The van der Waals surface area contributed by atoms with E-state index in [1.165, 1.54) is 5.56 Å². The topological polar surface area (TPSA) is 42.0 Å². The minimum Gasteiger partial charge on any atom is -0.454 e. The van der Waals surface area contributed by atoms with E-state index in [0.29, 0.717) is 6.54 Å². The molecule has 2 aromatic carbocycles. The number of carbonyl (C=O) groups excluding carboxylic acids is 1. The van der Waals surface area contributed by atoms with E-state index in [2.05, 4.69) is 18.0 Å². The lowest BCUT2D eigenvalue weighted by atomic mass is 10.1. The van der Waals surface area contributed by atoms with E-state index in [9.17, 15) is 4.79 Å². The maximum Gasteiger partial charge on any atom is 0.251 e. The second-order valence-electron chi connectivity index (χ2n) is 6.30. The normalized spacial score (nSPS) is 16.8. The van der Waals surface area contributed by atoms with Crippen LogP contribution in [0.15, 0.2) is 48.5 Å². The van der Waals surface area contributed by atoms with Gasteiger partial charge in [0.1, 0.15) is 0 Å². The molecule has 5 nitrogen and oxygen atoms in total. The van der Waals surface area contributed by atoms with E-state index in [4.69, 9.17) is 9.47 Å². The summed E-state index contributed by atoms with van der Waals surface area (Å²) >= 11 is 0. The van der Waals surface area contributed by atoms with Gasteiger partial charge in [-0.15, -0.1) is 0 Å². The molecule has 0 spiro atoms. The molecule has 0 fully saturated rings. The Balaban J connectivity index is 1.56. The molecule has 2 aliphatic heterocycles. The standard InChI is InChI=1S/C20H20N2O3/c1-21-10-11-22(17-5-3-2-4-16(17)13-21)20(23)9-7-15-6-8-18-19(12-15)25-14-24-18/h2-9,12H,10-11,13-14H2,1H3/b9-7+. The van der Waals surface area contributed by atoms with Gasteiger partial charge in [-0.3, -0.25) is 4.79 Å². The van der Waals surface area contributed by atoms with Crippen molar-refractivity contribution in [2.24, 2.45) is 0 Å². The largest absolute Gasteiger partial charge is 0.454 e. The Labute approximate surface area is 147 Å². The third-order valence-corrected chi connectivity index (χ3v) is 4.51. The third-order valence-electron chi connectivity index (χ3n) is 4.51. The Morgan fingerprint density at radius 3 is 2.84 bits per heavy atom. The predicted molar refractivity (Wildman–Crippen MR) is 96.7 cm³/mol. The molecule has 2 aromatic rings. The summed E-state index contributed by atoms with van der Waals surface area (Å²) in [6.07, 6.45) is 3.45. The van der Waals surface area contributed by atoms with Gasteiger partial charge in [0.25, 0.3) is 5.91 Å². The lowest BCUT2D eigenvalue weighted by molar-refractivity contribution is -0.114. The SMILES string of the molecule is CN1CCN(C(=O)/C=C/c2ccc3c(c2)OCO3)c2ccccc2C1. The summed E-state index contributed by atoms with van der Waals surface area (Å²) in [4.78, 5) is 16.9. The summed E-state index contributed by atoms with van der Waals surface area (Å²) in [5.74, 6) is 1.45. The zero-order valence-electron chi connectivity index (χ0n) is 14.1. The fourth-order valence-corrected chi connectivity index (χ4v) is 3.17. The van der Waals surface area contributed by atoms with E-state index in [1.807, 2.05) is 47.4 Å². The molecule has 0 atom stereocenters. The molecule has 128 valence electrons. The zero-order chi connectivity index (χ0) is 17.2. The van der Waals surface area contributed by atoms with Crippen LogP contribution in [-0.4, -0.2) is 37.7 Å². The lowest BCUT2D eigenvalue weighted by Crippen LogP contribution is -2.33. The highest BCUT2D eigenvalue weighted by Crippen LogP contribution is 2.33. The summed E-state index contributed by atoms with van der Waals surface area (Å²) in [6, 6.07) is 13.8. The molecule has 0 bridgehead atoms. The fraction of sp³-hybridized carbons (Fsp3) is 0.250. The molecular weight excluding hydrogens is 316 g/mol. The molecule has 0 aromatic heterocycles. The summed E-state index contributed by atoms with van der Waals surface area (Å²) < 4.78 is 10.7. The van der Waals surface area contributed by atoms with Crippen LogP contribution in [0, 0.1) is 0 Å². The molecule has 0 saturated carbocycles. The predicted octanol–water partition coefficient (Wildman–Crippen LogP) is 2.91. The molecule has 0 N–H and O–H groups in total. The number of fused-ring (bicyclic) bond motifs is 2. The molecule has 1 amide bonds. The van der Waals surface area contributed by atoms with Crippen LogP contribution in [-0.2, 0) is 11.3 Å². The number of nitrogens with zero attached hydrogens (tertiary/aromatic N) is 2. The van der Waals surface area contributed by atoms with E-state index in [1.54, 1.807) is 6.08 Å². The zero-order valence-corrected chi connectivity index (χ0v) is 14.1. The van der Waals surface area contributed by atoms with Gasteiger partial charge in [0.15, 0.2) is 11.5 Å². The highest BCUT2D eigenvalue weighted by atomic mass is 16.7. The Bertz CT molecular complexity index is 831. The Morgan fingerprint density at radius 2 is 1.92 bits per heavy atom. The van der Waals surface area contributed by atoms with Gasteiger partial charge in [0.05, 0.1) is 0 Å². The van der Waals surface area contributed by atoms with Crippen LogP contribution in [0.5, 0.6) is 11.5 Å². The minimum absolute atomic E-state index is 0.0135. The van der Waals surface area contributed by atoms with E-state index >= 15 is 0 Å². The molecule has 0 unspecified atom stereocenters. The number of ether oxygens (including phenoxy) is 2. The van der Waals surface area contributed by atoms with Crippen LogP contribution in [0.4, 0.5) is 5.69 Å². The quantitative estimate of drug-likeness (QED) is 0.791. The highest BCUT2D eigenvalue weighted by molar-refractivity contribution is 6.04. The first-order valence-electron chi connectivity index (χ1n) is 8.36. The van der Waals surface area contributed by atoms with Crippen molar-refractivity contribution in [2.45, 2.75) is 6.54 Å². The number of benzene rings is 2. The molecule has 25 heavy (non-hydrogen) atoms. The smallest absolute Gasteiger partial charge is 0.251 e. The van der Waals surface area contributed by atoms with Crippen LogP contribution in [0.2, 0.25) is 0 Å². The first-order chi connectivity index (χ1) is 12.2. The van der Waals surface area contributed by atoms with Crippen molar-refractivity contribution in [3.8, 4) is 11.5 Å². The number of para-hydroxylation sites is 1. The monoisotopic (exact) mass is 336 g/mol. The second-order valence-corrected chi connectivity index (χ2v) is 6.30. The summed E-state index contributed by atoms with van der Waals surface area (Å²) in [5, 5.41) is 0. The van der Waals surface area contributed by atoms with Crippen molar-refractivity contribution in [3.63, 3.8) is 0 Å². The van der Waals surface area contributed by atoms with Crippen molar-refractivity contribution in [3.05, 3.63) is 59.7 Å². The van der Waals surface area contributed by atoms with Gasteiger partial charge in [-0.1, -0.05) is 24.3 Å². The molecule has 4 rings (SSSR count). The molecule has 0 saturated heterocycles. The first-order valence-corrected chi connectivity index (χ1v) is 8.36. The summed E-state index contributed by atoms with van der Waals surface area (Å²) in [5.41, 5.74) is 3.08. The first kappa shape index (κ1) is 15.7. The number of rotatable bonds is 2. The fourth-order valence-electron chi connectivity index (χ4n) is 3.17. The number of amides is 1. The van der Waals surface area contributed by atoms with Gasteiger partial charge in [-0.05, 0) is 42.4 Å². The maximum atomic E-state index is 12.8. The van der Waals surface area contributed by atoms with Gasteiger partial charge in [0.2, 0.25) is 6.79 Å². The molecule has 0 radical (unpaired) electrons. The van der Waals surface area contributed by atoms with Crippen molar-refractivity contribution < 1.29 is 14.3 Å². The van der Waals surface area contributed by atoms with Crippen molar-refractivity contribution in [1.29, 1.82) is 0 Å². The van der Waals surface area contributed by atoms with E-state index in [0.717, 1.165) is 35.8 Å². The van der Waals surface area contributed by atoms with Gasteiger partial charge in [-0.2, -0.15) is 0 Å². The van der Waals surface area contributed by atoms with Crippen molar-refractivity contribution in [1.82, 2.24) is 4.90 Å². The van der Waals surface area contributed by atoms with Crippen molar-refractivity contribution >= 4 is 17.7 Å². The molecule has 5 heteroatoms. The van der Waals surface area contributed by atoms with Crippen LogP contribution >= 0.6 is 0 Å². The molecule has 2 aliphatic rings. The Kier molecular flexibility index (Phi) is 4.15. The van der Waals surface area contributed by atoms with Crippen molar-refractivity contribution in [2.75, 3.05) is 31.8 Å². The maximum absolute atomic E-state index is 12.8. The van der Waals surface area contributed by atoms with Gasteiger partial charge < -0.3 is 19.3 Å². The van der Waals surface area contributed by atoms with Crippen LogP contribution in [0.3, 0.4) is 0 Å². The van der Waals surface area contributed by atoms with E-state index < -0.39 is 0 Å². The molecular formula is C20H20N2O3. The number of anilines is 1. The summed E-state index contributed by atoms with van der Waals surface area (Å²) in [6.45, 7) is 2.63. The lowest BCUT2D eigenvalue weighted by Gasteiger charge is -2.21. The van der Waals surface area contributed by atoms with Crippen LogP contribution in [0.1, 0.15) is 11.1 Å². The van der Waals surface area contributed by atoms with Crippen LogP contribution < -0.4 is 14.4 Å². The van der Waals surface area contributed by atoms with Gasteiger partial charge in [-0.25, -0.2) is 0 Å². The Hall–Kier alpha value is -2.79. The average molecular weight is 336 g/mol.